The van der Waals surface area contributed by atoms with Crippen LogP contribution in [0.3, 0.4) is 0 Å². The van der Waals surface area contributed by atoms with Crippen LogP contribution in [0.25, 0.3) is 0 Å². The SMILES string of the molecule is COc1ccc(CCn2c(C)cc(C(=O)COC(=O)[C@H](C)NC(=O)c3ccccc3Cl)c2C)cc1. The molecule has 1 aromatic heterocycles. The summed E-state index contributed by atoms with van der Waals surface area (Å²) in [4.78, 5) is 37.5. The highest BCUT2D eigenvalue weighted by Crippen LogP contribution is 2.19. The predicted molar refractivity (Wildman–Crippen MR) is 134 cm³/mol. The van der Waals surface area contributed by atoms with Gasteiger partial charge in [0.2, 0.25) is 5.78 Å². The number of methoxy groups -OCH3 is 1. The molecule has 0 aliphatic rings. The number of nitrogens with zero attached hydrogens (tertiary/aromatic N) is 1. The van der Waals surface area contributed by atoms with E-state index in [4.69, 9.17) is 21.1 Å². The van der Waals surface area contributed by atoms with Crippen LogP contribution in [-0.4, -0.2) is 42.0 Å². The van der Waals surface area contributed by atoms with Crippen LogP contribution in [0.2, 0.25) is 5.02 Å². The fourth-order valence-electron chi connectivity index (χ4n) is 3.78. The zero-order valence-electron chi connectivity index (χ0n) is 20.3. The Morgan fingerprint density at radius 2 is 1.71 bits per heavy atom. The number of ketones is 1. The van der Waals surface area contributed by atoms with Crippen molar-refractivity contribution >= 4 is 29.3 Å². The van der Waals surface area contributed by atoms with Crippen molar-refractivity contribution in [2.24, 2.45) is 0 Å². The van der Waals surface area contributed by atoms with Gasteiger partial charge in [0.05, 0.1) is 17.7 Å². The zero-order valence-corrected chi connectivity index (χ0v) is 21.0. The van der Waals surface area contributed by atoms with Gasteiger partial charge in [-0.05, 0) is 63.1 Å². The van der Waals surface area contributed by atoms with Gasteiger partial charge >= 0.3 is 5.97 Å². The number of benzene rings is 2. The van der Waals surface area contributed by atoms with Crippen LogP contribution in [-0.2, 0) is 22.5 Å². The van der Waals surface area contributed by atoms with Crippen LogP contribution in [0.15, 0.2) is 54.6 Å². The third-order valence-electron chi connectivity index (χ3n) is 5.82. The van der Waals surface area contributed by atoms with E-state index >= 15 is 0 Å². The number of ether oxygens (including phenoxy) is 2. The molecule has 0 bridgehead atoms. The molecule has 35 heavy (non-hydrogen) atoms. The number of carbonyl (C=O) groups excluding carboxylic acids is 3. The minimum atomic E-state index is -0.941. The average molecular weight is 497 g/mol. The number of nitrogens with one attached hydrogen (secondary N) is 1. The number of carbonyl (C=O) groups is 3. The molecule has 3 aromatic rings. The highest BCUT2D eigenvalue weighted by molar-refractivity contribution is 6.33. The lowest BCUT2D eigenvalue weighted by Gasteiger charge is -2.14. The molecular weight excluding hydrogens is 468 g/mol. The second kappa shape index (κ2) is 11.7. The molecule has 0 aliphatic carbocycles. The van der Waals surface area contributed by atoms with Gasteiger partial charge in [0.15, 0.2) is 6.61 Å². The minimum Gasteiger partial charge on any atom is -0.497 e. The monoisotopic (exact) mass is 496 g/mol. The fourth-order valence-corrected chi connectivity index (χ4v) is 4.00. The summed E-state index contributed by atoms with van der Waals surface area (Å²) in [5.41, 5.74) is 3.70. The molecule has 0 fully saturated rings. The number of halogens is 1. The summed E-state index contributed by atoms with van der Waals surface area (Å²) in [5, 5.41) is 2.82. The third kappa shape index (κ3) is 6.51. The standard InChI is InChI=1S/C27H29ClN2O5/c1-17-15-23(19(3)30(17)14-13-20-9-11-21(34-4)12-10-20)25(31)16-35-27(33)18(2)29-26(32)22-7-5-6-8-24(22)28/h5-12,15,18H,13-14,16H2,1-4H3,(H,29,32)/t18-/m0/s1. The number of hydrogen-bond donors (Lipinski definition) is 1. The second-order valence-corrected chi connectivity index (χ2v) is 8.65. The van der Waals surface area contributed by atoms with Crippen molar-refractivity contribution in [2.75, 3.05) is 13.7 Å². The minimum absolute atomic E-state index is 0.256. The van der Waals surface area contributed by atoms with Crippen molar-refractivity contribution in [3.63, 3.8) is 0 Å². The van der Waals surface area contributed by atoms with Crippen molar-refractivity contribution in [1.82, 2.24) is 9.88 Å². The lowest BCUT2D eigenvalue weighted by atomic mass is 10.1. The van der Waals surface area contributed by atoms with Crippen LogP contribution >= 0.6 is 11.6 Å². The Morgan fingerprint density at radius 3 is 2.37 bits per heavy atom. The molecular formula is C27H29ClN2O5. The maximum Gasteiger partial charge on any atom is 0.328 e. The average Bonchev–Trinajstić information content (AvgIpc) is 3.14. The number of aryl methyl sites for hydroxylation is 2. The number of esters is 1. The Labute approximate surface area is 210 Å². The summed E-state index contributed by atoms with van der Waals surface area (Å²) in [6.45, 7) is 5.61. The van der Waals surface area contributed by atoms with E-state index in [1.54, 1.807) is 31.4 Å². The summed E-state index contributed by atoms with van der Waals surface area (Å²) in [6.07, 6.45) is 0.797. The molecule has 3 rings (SSSR count). The van der Waals surface area contributed by atoms with Crippen LogP contribution < -0.4 is 10.1 Å². The van der Waals surface area contributed by atoms with E-state index in [1.165, 1.54) is 6.92 Å². The first-order valence-electron chi connectivity index (χ1n) is 11.3. The lowest BCUT2D eigenvalue weighted by Crippen LogP contribution is -2.40. The molecule has 7 nitrogen and oxygen atoms in total. The number of rotatable bonds is 10. The Hall–Kier alpha value is -3.58. The van der Waals surface area contributed by atoms with Gasteiger partial charge in [0, 0.05) is 23.5 Å². The molecule has 1 heterocycles. The topological polar surface area (TPSA) is 86.6 Å². The van der Waals surface area contributed by atoms with Crippen molar-refractivity contribution in [2.45, 2.75) is 39.8 Å². The second-order valence-electron chi connectivity index (χ2n) is 8.24. The molecule has 184 valence electrons. The molecule has 0 unspecified atom stereocenters. The smallest absolute Gasteiger partial charge is 0.328 e. The van der Waals surface area contributed by atoms with Crippen LogP contribution in [0.4, 0.5) is 0 Å². The van der Waals surface area contributed by atoms with Gasteiger partial charge in [0.25, 0.3) is 5.91 Å². The molecule has 0 saturated carbocycles. The molecule has 8 heteroatoms. The summed E-state index contributed by atoms with van der Waals surface area (Å²) in [6, 6.07) is 15.3. The Morgan fingerprint density at radius 1 is 1.03 bits per heavy atom. The first kappa shape index (κ1) is 26.0. The summed E-state index contributed by atoms with van der Waals surface area (Å²) in [5.74, 6) is -0.687. The summed E-state index contributed by atoms with van der Waals surface area (Å²) < 4.78 is 12.5. The van der Waals surface area contributed by atoms with E-state index in [1.807, 2.05) is 44.2 Å². The molecule has 0 saturated heterocycles. The number of hydrogen-bond acceptors (Lipinski definition) is 5. The van der Waals surface area contributed by atoms with Crippen molar-refractivity contribution < 1.29 is 23.9 Å². The van der Waals surface area contributed by atoms with Gasteiger partial charge in [-0.25, -0.2) is 4.79 Å². The zero-order chi connectivity index (χ0) is 25.5. The number of aromatic nitrogens is 1. The Balaban J connectivity index is 1.56. The third-order valence-corrected chi connectivity index (χ3v) is 6.15. The largest absolute Gasteiger partial charge is 0.497 e. The highest BCUT2D eigenvalue weighted by Gasteiger charge is 2.22. The van der Waals surface area contributed by atoms with Gasteiger partial charge in [-0.3, -0.25) is 9.59 Å². The number of amides is 1. The molecule has 1 N–H and O–H groups in total. The molecule has 2 aromatic carbocycles. The van der Waals surface area contributed by atoms with E-state index in [9.17, 15) is 14.4 Å². The first-order valence-corrected chi connectivity index (χ1v) is 11.6. The van der Waals surface area contributed by atoms with Gasteiger partial charge in [-0.1, -0.05) is 35.9 Å². The van der Waals surface area contributed by atoms with E-state index in [2.05, 4.69) is 9.88 Å². The molecule has 0 spiro atoms. The number of Topliss-reactive ketones (excluding diaryl/α,β-unsaturated/α-hetero) is 1. The van der Waals surface area contributed by atoms with E-state index in [0.717, 1.165) is 29.1 Å². The molecule has 0 radical (unpaired) electrons. The Kier molecular flexibility index (Phi) is 8.71. The Bertz CT molecular complexity index is 1220. The van der Waals surface area contributed by atoms with Crippen LogP contribution in [0.1, 0.15) is 44.6 Å². The molecule has 1 atom stereocenters. The maximum atomic E-state index is 12.8. The quantitative estimate of drug-likeness (QED) is 0.328. The summed E-state index contributed by atoms with van der Waals surface area (Å²) in [7, 11) is 1.63. The van der Waals surface area contributed by atoms with E-state index in [0.29, 0.717) is 12.1 Å². The van der Waals surface area contributed by atoms with Gasteiger partial charge in [-0.15, -0.1) is 0 Å². The van der Waals surface area contributed by atoms with Crippen molar-refractivity contribution in [3.8, 4) is 5.75 Å². The van der Waals surface area contributed by atoms with Crippen molar-refractivity contribution in [3.05, 3.63) is 87.7 Å². The van der Waals surface area contributed by atoms with Crippen LogP contribution in [0, 0.1) is 13.8 Å². The maximum absolute atomic E-state index is 12.8. The highest BCUT2D eigenvalue weighted by atomic mass is 35.5. The molecule has 1 amide bonds. The first-order chi connectivity index (χ1) is 16.7. The van der Waals surface area contributed by atoms with E-state index in [-0.39, 0.29) is 16.4 Å². The normalized spacial score (nSPS) is 11.6. The van der Waals surface area contributed by atoms with Gasteiger partial charge < -0.3 is 19.4 Å². The molecule has 0 aliphatic heterocycles. The van der Waals surface area contributed by atoms with Gasteiger partial charge in [0.1, 0.15) is 11.8 Å². The van der Waals surface area contributed by atoms with Gasteiger partial charge in [-0.2, -0.15) is 0 Å². The van der Waals surface area contributed by atoms with Crippen LogP contribution in [0.5, 0.6) is 5.75 Å². The van der Waals surface area contributed by atoms with Crippen molar-refractivity contribution in [1.29, 1.82) is 0 Å². The fraction of sp³-hybridized carbons (Fsp3) is 0.296. The lowest BCUT2D eigenvalue weighted by molar-refractivity contribution is -0.144. The summed E-state index contributed by atoms with van der Waals surface area (Å²) >= 11 is 6.02. The predicted octanol–water partition coefficient (Wildman–Crippen LogP) is 4.55. The van der Waals surface area contributed by atoms with E-state index < -0.39 is 24.5 Å².